The van der Waals surface area contributed by atoms with E-state index in [0.29, 0.717) is 5.82 Å². The van der Waals surface area contributed by atoms with E-state index in [2.05, 4.69) is 20.4 Å². The normalized spacial score (nSPS) is 11.2. The maximum atomic E-state index is 12.6. The van der Waals surface area contributed by atoms with Gasteiger partial charge in [0, 0.05) is 0 Å². The van der Waals surface area contributed by atoms with Crippen LogP contribution in [0.25, 0.3) is 0 Å². The summed E-state index contributed by atoms with van der Waals surface area (Å²) >= 11 is 0. The first kappa shape index (κ1) is 13.8. The lowest BCUT2D eigenvalue weighted by Crippen LogP contribution is -2.11. The van der Waals surface area contributed by atoms with Gasteiger partial charge in [-0.3, -0.25) is 0 Å². The van der Waals surface area contributed by atoms with Crippen molar-refractivity contribution in [1.29, 1.82) is 5.26 Å². The zero-order valence-electron chi connectivity index (χ0n) is 10.2. The first-order valence-corrected chi connectivity index (χ1v) is 5.41. The first-order chi connectivity index (χ1) is 9.40. The number of alkyl halides is 3. The molecule has 2 aromatic rings. The molecule has 2 rings (SSSR count). The fraction of sp³-hybridized carbons (Fsp3) is 0.273. The second-order valence-corrected chi connectivity index (χ2v) is 3.79. The number of nitriles is 1. The van der Waals surface area contributed by atoms with E-state index in [0.717, 1.165) is 12.1 Å². The summed E-state index contributed by atoms with van der Waals surface area (Å²) in [5, 5.41) is 15.0. The molecule has 0 radical (unpaired) electrons. The monoisotopic (exact) mass is 283 g/mol. The number of pyridine rings is 1. The summed E-state index contributed by atoms with van der Waals surface area (Å²) in [6.07, 6.45) is -4.58. The average molecular weight is 283 g/mol. The van der Waals surface area contributed by atoms with Crippen molar-refractivity contribution in [1.82, 2.24) is 15.1 Å². The van der Waals surface area contributed by atoms with Gasteiger partial charge in [-0.15, -0.1) is 0 Å². The summed E-state index contributed by atoms with van der Waals surface area (Å²) in [6, 6.07) is 3.56. The second kappa shape index (κ2) is 5.16. The van der Waals surface area contributed by atoms with Gasteiger partial charge in [-0.25, -0.2) is 4.98 Å². The van der Waals surface area contributed by atoms with E-state index in [1.165, 1.54) is 0 Å². The molecule has 0 saturated heterocycles. The van der Waals surface area contributed by atoms with Crippen LogP contribution in [0, 0.1) is 18.3 Å². The molecule has 9 heteroatoms. The molecule has 0 aliphatic carbocycles. The van der Waals surface area contributed by atoms with Gasteiger partial charge in [-0.05, 0) is 19.1 Å². The van der Waals surface area contributed by atoms with Crippen molar-refractivity contribution in [3.05, 3.63) is 35.1 Å². The van der Waals surface area contributed by atoms with Gasteiger partial charge in [0.05, 0.1) is 12.1 Å². The number of nitrogens with zero attached hydrogens (tertiary/aromatic N) is 4. The maximum Gasteiger partial charge on any atom is 0.433 e. The second-order valence-electron chi connectivity index (χ2n) is 3.79. The molecule has 0 aliphatic heterocycles. The van der Waals surface area contributed by atoms with Crippen LogP contribution in [-0.4, -0.2) is 15.1 Å². The fourth-order valence-corrected chi connectivity index (χ4v) is 1.41. The van der Waals surface area contributed by atoms with E-state index in [1.54, 1.807) is 13.0 Å². The van der Waals surface area contributed by atoms with E-state index >= 15 is 0 Å². The van der Waals surface area contributed by atoms with Gasteiger partial charge in [0.1, 0.15) is 17.6 Å². The lowest BCUT2D eigenvalue weighted by Gasteiger charge is -2.09. The number of hydrogen-bond acceptors (Lipinski definition) is 6. The molecule has 0 aromatic carbocycles. The number of aromatic nitrogens is 3. The van der Waals surface area contributed by atoms with Crippen molar-refractivity contribution >= 4 is 5.82 Å². The van der Waals surface area contributed by atoms with Crippen molar-refractivity contribution in [2.45, 2.75) is 19.6 Å². The minimum absolute atomic E-state index is 0.00534. The standard InChI is InChI=1S/C11H8F3N5O/c1-6-17-9(20-19-6)5-16-10-7(4-15)2-3-8(18-10)11(12,13)14/h2-3H,5H2,1H3,(H,16,18). The molecule has 0 atom stereocenters. The average Bonchev–Trinajstić information content (AvgIpc) is 2.80. The maximum absolute atomic E-state index is 12.6. The van der Waals surface area contributed by atoms with Gasteiger partial charge in [0.2, 0.25) is 5.89 Å². The number of nitrogens with one attached hydrogen (secondary N) is 1. The number of rotatable bonds is 3. The number of halogens is 3. The Bertz CT molecular complexity index is 659. The van der Waals surface area contributed by atoms with Crippen LogP contribution in [0.1, 0.15) is 23.0 Å². The van der Waals surface area contributed by atoms with Crippen LogP contribution in [0.2, 0.25) is 0 Å². The summed E-state index contributed by atoms with van der Waals surface area (Å²) in [5.74, 6) is 0.406. The van der Waals surface area contributed by atoms with Gasteiger partial charge < -0.3 is 9.84 Å². The fourth-order valence-electron chi connectivity index (χ4n) is 1.41. The van der Waals surface area contributed by atoms with Crippen LogP contribution in [0.15, 0.2) is 16.7 Å². The number of aryl methyl sites for hydroxylation is 1. The summed E-state index contributed by atoms with van der Waals surface area (Å²) in [7, 11) is 0. The van der Waals surface area contributed by atoms with Crippen LogP contribution >= 0.6 is 0 Å². The minimum Gasteiger partial charge on any atom is -0.360 e. The summed E-state index contributed by atoms with van der Waals surface area (Å²) in [6.45, 7) is 1.58. The third kappa shape index (κ3) is 3.03. The Kier molecular flexibility index (Phi) is 3.56. The van der Waals surface area contributed by atoms with Crippen LogP contribution in [-0.2, 0) is 12.7 Å². The smallest absolute Gasteiger partial charge is 0.360 e. The molecule has 1 N–H and O–H groups in total. The van der Waals surface area contributed by atoms with Gasteiger partial charge in [0.25, 0.3) is 0 Å². The Morgan fingerprint density at radius 2 is 2.10 bits per heavy atom. The Morgan fingerprint density at radius 1 is 1.35 bits per heavy atom. The molecule has 2 aromatic heterocycles. The van der Waals surface area contributed by atoms with Crippen LogP contribution in [0.5, 0.6) is 0 Å². The van der Waals surface area contributed by atoms with Crippen LogP contribution in [0.4, 0.5) is 19.0 Å². The van der Waals surface area contributed by atoms with Crippen molar-refractivity contribution in [3.63, 3.8) is 0 Å². The zero-order valence-corrected chi connectivity index (χ0v) is 10.2. The lowest BCUT2D eigenvalue weighted by molar-refractivity contribution is -0.141. The molecule has 0 spiro atoms. The van der Waals surface area contributed by atoms with Gasteiger partial charge in [0.15, 0.2) is 5.82 Å². The summed E-state index contributed by atoms with van der Waals surface area (Å²) < 4.78 is 42.5. The third-order valence-corrected chi connectivity index (χ3v) is 2.28. The zero-order chi connectivity index (χ0) is 14.8. The summed E-state index contributed by atoms with van der Waals surface area (Å²) in [5.41, 5.74) is -1.09. The molecule has 20 heavy (non-hydrogen) atoms. The van der Waals surface area contributed by atoms with Crippen molar-refractivity contribution in [2.24, 2.45) is 0 Å². The quantitative estimate of drug-likeness (QED) is 0.929. The van der Waals surface area contributed by atoms with Crippen molar-refractivity contribution < 1.29 is 17.7 Å². The predicted octanol–water partition coefficient (Wildman–Crippen LogP) is 2.28. The number of hydrogen-bond donors (Lipinski definition) is 1. The molecule has 0 bridgehead atoms. The van der Waals surface area contributed by atoms with E-state index < -0.39 is 11.9 Å². The molecule has 0 aliphatic rings. The van der Waals surface area contributed by atoms with Gasteiger partial charge in [-0.2, -0.15) is 23.4 Å². The molecule has 2 heterocycles. The highest BCUT2D eigenvalue weighted by Crippen LogP contribution is 2.29. The largest absolute Gasteiger partial charge is 0.433 e. The molecular weight excluding hydrogens is 275 g/mol. The Morgan fingerprint density at radius 3 is 2.65 bits per heavy atom. The van der Waals surface area contributed by atoms with E-state index in [9.17, 15) is 13.2 Å². The van der Waals surface area contributed by atoms with E-state index in [4.69, 9.17) is 9.78 Å². The molecule has 0 saturated carbocycles. The van der Waals surface area contributed by atoms with Gasteiger partial charge >= 0.3 is 6.18 Å². The molecule has 6 nitrogen and oxygen atoms in total. The first-order valence-electron chi connectivity index (χ1n) is 5.41. The SMILES string of the molecule is Cc1noc(CNc2nc(C(F)(F)F)ccc2C#N)n1. The molecule has 0 fully saturated rings. The highest BCUT2D eigenvalue weighted by Gasteiger charge is 2.33. The van der Waals surface area contributed by atoms with Crippen molar-refractivity contribution in [2.75, 3.05) is 5.32 Å². The summed E-state index contributed by atoms with van der Waals surface area (Å²) in [4.78, 5) is 7.27. The minimum atomic E-state index is -4.58. The number of anilines is 1. The lowest BCUT2D eigenvalue weighted by atomic mass is 10.2. The molecule has 104 valence electrons. The van der Waals surface area contributed by atoms with E-state index in [-0.39, 0.29) is 23.8 Å². The highest BCUT2D eigenvalue weighted by molar-refractivity contribution is 5.52. The molecular formula is C11H8F3N5O. The highest BCUT2D eigenvalue weighted by atomic mass is 19.4. The predicted molar refractivity (Wildman–Crippen MR) is 60.3 cm³/mol. The Hall–Kier alpha value is -2.63. The van der Waals surface area contributed by atoms with Crippen molar-refractivity contribution in [3.8, 4) is 6.07 Å². The Labute approximate surface area is 111 Å². The molecule has 0 amide bonds. The van der Waals surface area contributed by atoms with Crippen LogP contribution < -0.4 is 5.32 Å². The topological polar surface area (TPSA) is 87.6 Å². The molecule has 0 unspecified atom stereocenters. The Balaban J connectivity index is 2.23. The van der Waals surface area contributed by atoms with E-state index in [1.807, 2.05) is 0 Å². The van der Waals surface area contributed by atoms with Gasteiger partial charge in [-0.1, -0.05) is 5.16 Å². The van der Waals surface area contributed by atoms with Crippen LogP contribution in [0.3, 0.4) is 0 Å². The third-order valence-electron chi connectivity index (χ3n) is 2.28.